The van der Waals surface area contributed by atoms with Gasteiger partial charge in [0.2, 0.25) is 0 Å². The number of aliphatic hydroxyl groups is 1. The average molecular weight is 482 g/mol. The molecule has 12 heteroatoms. The van der Waals surface area contributed by atoms with E-state index >= 15 is 0 Å². The molecule has 166 valence electrons. The van der Waals surface area contributed by atoms with Crippen LogP contribution in [-0.2, 0) is 12.1 Å². The maximum atomic E-state index is 14.6. The van der Waals surface area contributed by atoms with Gasteiger partial charge in [-0.1, -0.05) is 23.9 Å². The molecule has 2 aromatic heterocycles. The summed E-state index contributed by atoms with van der Waals surface area (Å²) in [4.78, 5) is 8.00. The smallest absolute Gasteiger partial charge is 0.179 e. The lowest BCUT2D eigenvalue weighted by molar-refractivity contribution is 0.0133. The summed E-state index contributed by atoms with van der Waals surface area (Å²) in [5.74, 6) is -3.44. The number of hydrogen-bond acceptors (Lipinski definition) is 7. The molecule has 0 spiro atoms. The molecule has 6 nitrogen and oxygen atoms in total. The highest BCUT2D eigenvalue weighted by Crippen LogP contribution is 2.40. The van der Waals surface area contributed by atoms with Crippen molar-refractivity contribution in [3.63, 3.8) is 0 Å². The van der Waals surface area contributed by atoms with Crippen molar-refractivity contribution in [3.8, 4) is 11.4 Å². The zero-order valence-electron chi connectivity index (χ0n) is 16.4. The summed E-state index contributed by atoms with van der Waals surface area (Å²) in [6.07, 6.45) is 2.62. The van der Waals surface area contributed by atoms with Crippen LogP contribution in [0.2, 0.25) is 0 Å². The van der Waals surface area contributed by atoms with Crippen LogP contribution in [-0.4, -0.2) is 34.5 Å². The standard InChI is InChI=1S/C20H15F4N5OS2/c1-11(31-19-27-18(28-32-19)17-14(22)3-2-4-15(17)23)20(30,8-29-10-25-9-26-29)13-6-5-12(21)7-16(13)24/h2-7,9-11,30H,8H2,1H3/t11-,20?/m1/s1. The van der Waals surface area contributed by atoms with E-state index in [4.69, 9.17) is 0 Å². The third-order valence-electron chi connectivity index (χ3n) is 4.81. The monoisotopic (exact) mass is 481 g/mol. The molecule has 4 aromatic rings. The predicted octanol–water partition coefficient (Wildman–Crippen LogP) is 4.42. The molecular formula is C20H15F4N5OS2. The lowest BCUT2D eigenvalue weighted by Gasteiger charge is -2.33. The second kappa shape index (κ2) is 8.96. The SMILES string of the molecule is C[C@@H](Sc1nc(-c2c(F)cccc2F)ns1)C(O)(Cn1cncn1)c1ccc(F)cc1F. The summed E-state index contributed by atoms with van der Waals surface area (Å²) >= 11 is 1.92. The highest BCUT2D eigenvalue weighted by molar-refractivity contribution is 8.01. The van der Waals surface area contributed by atoms with Gasteiger partial charge in [-0.3, -0.25) is 0 Å². The third kappa shape index (κ3) is 4.38. The first-order valence-corrected chi connectivity index (χ1v) is 10.9. The number of nitrogens with zero attached hydrogens (tertiary/aromatic N) is 5. The van der Waals surface area contributed by atoms with Gasteiger partial charge in [0, 0.05) is 16.9 Å². The minimum absolute atomic E-state index is 0.131. The molecule has 2 atom stereocenters. The molecule has 0 amide bonds. The van der Waals surface area contributed by atoms with E-state index in [0.717, 1.165) is 41.5 Å². The minimum atomic E-state index is -1.86. The Labute approximate surface area is 188 Å². The maximum Gasteiger partial charge on any atom is 0.179 e. The molecule has 0 saturated heterocycles. The van der Waals surface area contributed by atoms with Crippen LogP contribution in [0.1, 0.15) is 12.5 Å². The summed E-state index contributed by atoms with van der Waals surface area (Å²) in [6.45, 7) is 1.44. The van der Waals surface area contributed by atoms with Gasteiger partial charge >= 0.3 is 0 Å². The fourth-order valence-corrected chi connectivity index (χ4v) is 5.13. The van der Waals surface area contributed by atoms with Crippen molar-refractivity contribution in [1.82, 2.24) is 24.1 Å². The maximum absolute atomic E-state index is 14.6. The quantitative estimate of drug-likeness (QED) is 0.311. The van der Waals surface area contributed by atoms with Crippen LogP contribution >= 0.6 is 23.3 Å². The number of halogens is 4. The molecule has 0 saturated carbocycles. The van der Waals surface area contributed by atoms with Crippen molar-refractivity contribution >= 4 is 23.3 Å². The second-order valence-corrected chi connectivity index (χ2v) is 9.22. The Hall–Kier alpha value is -2.83. The predicted molar refractivity (Wildman–Crippen MR) is 111 cm³/mol. The molecule has 0 aliphatic carbocycles. The molecule has 0 bridgehead atoms. The van der Waals surface area contributed by atoms with Crippen LogP contribution in [0.5, 0.6) is 0 Å². The fraction of sp³-hybridized carbons (Fsp3) is 0.200. The number of thioether (sulfide) groups is 1. The Morgan fingerprint density at radius 3 is 2.53 bits per heavy atom. The first-order valence-electron chi connectivity index (χ1n) is 9.23. The van der Waals surface area contributed by atoms with E-state index in [0.29, 0.717) is 10.4 Å². The van der Waals surface area contributed by atoms with Crippen LogP contribution in [0, 0.1) is 23.3 Å². The highest BCUT2D eigenvalue weighted by atomic mass is 32.2. The second-order valence-electron chi connectivity index (χ2n) is 6.88. The summed E-state index contributed by atoms with van der Waals surface area (Å²) in [6, 6.07) is 6.33. The Kier molecular flexibility index (Phi) is 6.26. The first-order chi connectivity index (χ1) is 15.3. The van der Waals surface area contributed by atoms with Crippen LogP contribution in [0.4, 0.5) is 17.6 Å². The zero-order chi connectivity index (χ0) is 22.9. The molecule has 0 aliphatic heterocycles. The molecular weight excluding hydrogens is 466 g/mol. The van der Waals surface area contributed by atoms with E-state index in [2.05, 4.69) is 19.4 Å². The molecule has 0 fully saturated rings. The van der Waals surface area contributed by atoms with Gasteiger partial charge in [0.15, 0.2) is 10.2 Å². The third-order valence-corrected chi connectivity index (χ3v) is 6.87. The number of benzene rings is 2. The van der Waals surface area contributed by atoms with E-state index in [1.807, 2.05) is 0 Å². The molecule has 0 aliphatic rings. The summed E-state index contributed by atoms with van der Waals surface area (Å²) in [5, 5.41) is 14.7. The molecule has 1 unspecified atom stereocenters. The van der Waals surface area contributed by atoms with E-state index in [-0.39, 0.29) is 23.5 Å². The number of rotatable bonds is 7. The van der Waals surface area contributed by atoms with Gasteiger partial charge in [0.1, 0.15) is 41.5 Å². The van der Waals surface area contributed by atoms with E-state index in [9.17, 15) is 22.7 Å². The van der Waals surface area contributed by atoms with Gasteiger partial charge in [0.25, 0.3) is 0 Å². The van der Waals surface area contributed by atoms with Gasteiger partial charge < -0.3 is 5.11 Å². The number of hydrogen-bond donors (Lipinski definition) is 1. The minimum Gasteiger partial charge on any atom is -0.382 e. The lowest BCUT2D eigenvalue weighted by atomic mass is 9.90. The van der Waals surface area contributed by atoms with Crippen molar-refractivity contribution in [2.75, 3.05) is 0 Å². The Bertz CT molecular complexity index is 1220. The van der Waals surface area contributed by atoms with Crippen molar-refractivity contribution in [2.24, 2.45) is 0 Å². The molecule has 4 rings (SSSR count). The largest absolute Gasteiger partial charge is 0.382 e. The fourth-order valence-electron chi connectivity index (χ4n) is 3.15. The summed E-state index contributed by atoms with van der Waals surface area (Å²) in [5.41, 5.74) is -2.35. The zero-order valence-corrected chi connectivity index (χ0v) is 18.0. The van der Waals surface area contributed by atoms with Crippen LogP contribution in [0.25, 0.3) is 11.4 Å². The van der Waals surface area contributed by atoms with Gasteiger partial charge in [-0.2, -0.15) is 9.47 Å². The average Bonchev–Trinajstić information content (AvgIpc) is 3.40. The van der Waals surface area contributed by atoms with E-state index in [1.54, 1.807) is 6.92 Å². The molecule has 32 heavy (non-hydrogen) atoms. The molecule has 0 radical (unpaired) electrons. The van der Waals surface area contributed by atoms with Crippen molar-refractivity contribution < 1.29 is 22.7 Å². The van der Waals surface area contributed by atoms with Crippen LogP contribution in [0.3, 0.4) is 0 Å². The van der Waals surface area contributed by atoms with Crippen molar-refractivity contribution in [2.45, 2.75) is 28.7 Å². The van der Waals surface area contributed by atoms with Crippen molar-refractivity contribution in [3.05, 3.63) is 77.9 Å². The normalized spacial score (nSPS) is 14.3. The highest BCUT2D eigenvalue weighted by Gasteiger charge is 2.40. The lowest BCUT2D eigenvalue weighted by Crippen LogP contribution is -2.41. The Morgan fingerprint density at radius 2 is 1.88 bits per heavy atom. The molecule has 2 heterocycles. The Balaban J connectivity index is 1.66. The number of aromatic nitrogens is 5. The van der Waals surface area contributed by atoms with Crippen LogP contribution in [0.15, 0.2) is 53.4 Å². The first kappa shape index (κ1) is 22.4. The van der Waals surface area contributed by atoms with E-state index in [1.165, 1.54) is 29.5 Å². The molecule has 1 N–H and O–H groups in total. The van der Waals surface area contributed by atoms with Crippen molar-refractivity contribution in [1.29, 1.82) is 0 Å². The summed E-state index contributed by atoms with van der Waals surface area (Å²) in [7, 11) is 0. The topological polar surface area (TPSA) is 76.7 Å². The molecule has 2 aromatic carbocycles. The van der Waals surface area contributed by atoms with E-state index < -0.39 is 34.1 Å². The van der Waals surface area contributed by atoms with Gasteiger partial charge in [0.05, 0.1) is 12.1 Å². The summed E-state index contributed by atoms with van der Waals surface area (Å²) < 4.78 is 61.8. The van der Waals surface area contributed by atoms with Gasteiger partial charge in [-0.05, 0) is 36.7 Å². The van der Waals surface area contributed by atoms with Gasteiger partial charge in [-0.25, -0.2) is 32.2 Å². The van der Waals surface area contributed by atoms with Gasteiger partial charge in [-0.15, -0.1) is 0 Å². The van der Waals surface area contributed by atoms with Crippen LogP contribution < -0.4 is 0 Å². The Morgan fingerprint density at radius 1 is 1.12 bits per heavy atom.